The van der Waals surface area contributed by atoms with Gasteiger partial charge < -0.3 is 4.74 Å². The molecule has 2 aliphatic rings. The molecule has 1 aromatic rings. The average Bonchev–Trinajstić information content (AvgIpc) is 3.07. The highest BCUT2D eigenvalue weighted by molar-refractivity contribution is 8.13. The van der Waals surface area contributed by atoms with E-state index in [4.69, 9.17) is 15.4 Å². The maximum absolute atomic E-state index is 11.5. The summed E-state index contributed by atoms with van der Waals surface area (Å²) < 4.78 is 30.3. The van der Waals surface area contributed by atoms with Crippen molar-refractivity contribution in [3.05, 3.63) is 5.82 Å². The van der Waals surface area contributed by atoms with Gasteiger partial charge in [-0.25, -0.2) is 8.42 Å². The number of nitrogens with zero attached hydrogens (tertiary/aromatic N) is 3. The van der Waals surface area contributed by atoms with E-state index in [2.05, 4.69) is 10.2 Å². The van der Waals surface area contributed by atoms with Gasteiger partial charge >= 0.3 is 0 Å². The molecule has 2 heterocycles. The Labute approximate surface area is 110 Å². The van der Waals surface area contributed by atoms with Crippen molar-refractivity contribution in [3.8, 4) is 0 Å². The highest BCUT2D eigenvalue weighted by Gasteiger charge is 2.36. The zero-order valence-electron chi connectivity index (χ0n) is 9.75. The number of rotatable bonds is 3. The highest BCUT2D eigenvalue weighted by Crippen LogP contribution is 2.40. The quantitative estimate of drug-likeness (QED) is 0.794. The molecule has 6 nitrogen and oxygen atoms in total. The van der Waals surface area contributed by atoms with Gasteiger partial charge in [0.1, 0.15) is 6.10 Å². The highest BCUT2D eigenvalue weighted by atomic mass is 35.7. The molecular formula is C10H14ClN3O3S. The topological polar surface area (TPSA) is 74.1 Å². The van der Waals surface area contributed by atoms with Gasteiger partial charge in [-0.1, -0.05) is 0 Å². The van der Waals surface area contributed by atoms with E-state index >= 15 is 0 Å². The Hall–Kier alpha value is -0.660. The first kappa shape index (κ1) is 12.4. The van der Waals surface area contributed by atoms with Crippen LogP contribution in [0.15, 0.2) is 5.16 Å². The summed E-state index contributed by atoms with van der Waals surface area (Å²) in [7, 11) is 1.55. The number of aromatic nitrogens is 3. The van der Waals surface area contributed by atoms with E-state index in [1.165, 1.54) is 0 Å². The lowest BCUT2D eigenvalue weighted by Gasteiger charge is -2.22. The van der Waals surface area contributed by atoms with Gasteiger partial charge in [0.25, 0.3) is 14.2 Å². The Kier molecular flexibility index (Phi) is 3.07. The number of hydrogen-bond acceptors (Lipinski definition) is 5. The van der Waals surface area contributed by atoms with Crippen LogP contribution in [-0.2, 0) is 13.8 Å². The van der Waals surface area contributed by atoms with E-state index in [0.717, 1.165) is 32.1 Å². The zero-order chi connectivity index (χ0) is 12.8. The molecule has 100 valence electrons. The van der Waals surface area contributed by atoms with Crippen molar-refractivity contribution in [3.63, 3.8) is 0 Å². The van der Waals surface area contributed by atoms with Gasteiger partial charge in [-0.3, -0.25) is 4.57 Å². The lowest BCUT2D eigenvalue weighted by Crippen LogP contribution is -2.17. The van der Waals surface area contributed by atoms with Gasteiger partial charge in [-0.2, -0.15) is 0 Å². The lowest BCUT2D eigenvalue weighted by atomic mass is 10.1. The smallest absolute Gasteiger partial charge is 0.296 e. The maximum Gasteiger partial charge on any atom is 0.296 e. The van der Waals surface area contributed by atoms with Crippen LogP contribution in [0.2, 0.25) is 0 Å². The van der Waals surface area contributed by atoms with Crippen LogP contribution < -0.4 is 0 Å². The minimum absolute atomic E-state index is 0.143. The number of ether oxygens (including phenoxy) is 1. The van der Waals surface area contributed by atoms with Crippen molar-refractivity contribution in [1.29, 1.82) is 0 Å². The molecule has 18 heavy (non-hydrogen) atoms. The minimum Gasteiger partial charge on any atom is -0.370 e. The largest absolute Gasteiger partial charge is 0.370 e. The lowest BCUT2D eigenvalue weighted by molar-refractivity contribution is 0.00677. The molecule has 1 saturated carbocycles. The van der Waals surface area contributed by atoms with Crippen molar-refractivity contribution in [2.24, 2.45) is 0 Å². The first-order valence-electron chi connectivity index (χ1n) is 6.08. The first-order valence-corrected chi connectivity index (χ1v) is 8.39. The van der Waals surface area contributed by atoms with E-state index in [9.17, 15) is 8.42 Å². The van der Waals surface area contributed by atoms with Gasteiger partial charge in [0, 0.05) is 23.3 Å². The third kappa shape index (κ3) is 2.26. The molecule has 8 heteroatoms. The fourth-order valence-corrected chi connectivity index (χ4v) is 3.23. The molecule has 0 spiro atoms. The van der Waals surface area contributed by atoms with Crippen LogP contribution in [0.5, 0.6) is 0 Å². The SMILES string of the molecule is O=S(=O)(Cl)c1nnc(C2CCCCO2)n1C1CC1. The molecule has 0 N–H and O–H groups in total. The van der Waals surface area contributed by atoms with Gasteiger partial charge in [-0.05, 0) is 32.1 Å². The van der Waals surface area contributed by atoms with Gasteiger partial charge in [-0.15, -0.1) is 10.2 Å². The minimum atomic E-state index is -3.85. The number of halogens is 1. The molecular weight excluding hydrogens is 278 g/mol. The van der Waals surface area contributed by atoms with Crippen LogP contribution >= 0.6 is 10.7 Å². The summed E-state index contributed by atoms with van der Waals surface area (Å²) in [6.45, 7) is 0.686. The van der Waals surface area contributed by atoms with Gasteiger partial charge in [0.15, 0.2) is 5.82 Å². The van der Waals surface area contributed by atoms with Crippen molar-refractivity contribution in [1.82, 2.24) is 14.8 Å². The summed E-state index contributed by atoms with van der Waals surface area (Å²) in [5.41, 5.74) is 0. The summed E-state index contributed by atoms with van der Waals surface area (Å²) in [5.74, 6) is 0.608. The zero-order valence-corrected chi connectivity index (χ0v) is 11.3. The predicted octanol–water partition coefficient (Wildman–Crippen LogP) is 1.78. The molecule has 1 unspecified atom stereocenters. The summed E-state index contributed by atoms with van der Waals surface area (Å²) in [4.78, 5) is 0. The second-order valence-corrected chi connectivity index (χ2v) is 7.19. The molecule has 1 atom stereocenters. The fraction of sp³-hybridized carbons (Fsp3) is 0.800. The molecule has 1 saturated heterocycles. The van der Waals surface area contributed by atoms with Crippen LogP contribution in [0.4, 0.5) is 0 Å². The van der Waals surface area contributed by atoms with Gasteiger partial charge in [0.05, 0.1) is 0 Å². The summed E-state index contributed by atoms with van der Waals surface area (Å²) in [5, 5.41) is 7.59. The second kappa shape index (κ2) is 4.47. The van der Waals surface area contributed by atoms with Crippen LogP contribution in [0.25, 0.3) is 0 Å². The van der Waals surface area contributed by atoms with E-state index in [-0.39, 0.29) is 17.3 Å². The standard InChI is InChI=1S/C10H14ClN3O3S/c11-18(15,16)10-13-12-9(14(10)7-4-5-7)8-3-1-2-6-17-8/h7-8H,1-6H2. The Morgan fingerprint density at radius 1 is 1.22 bits per heavy atom. The summed E-state index contributed by atoms with van der Waals surface area (Å²) in [6, 6.07) is 0.157. The fourth-order valence-electron chi connectivity index (χ4n) is 2.29. The molecule has 0 radical (unpaired) electrons. The molecule has 1 aromatic heterocycles. The number of hydrogen-bond donors (Lipinski definition) is 0. The monoisotopic (exact) mass is 291 g/mol. The Bertz CT molecular complexity index is 547. The van der Waals surface area contributed by atoms with Gasteiger partial charge in [0.2, 0.25) is 0 Å². The second-order valence-electron chi connectivity index (χ2n) is 4.74. The van der Waals surface area contributed by atoms with E-state index < -0.39 is 9.05 Å². The summed E-state index contributed by atoms with van der Waals surface area (Å²) in [6.07, 6.45) is 4.68. The maximum atomic E-state index is 11.5. The molecule has 1 aliphatic heterocycles. The first-order chi connectivity index (χ1) is 8.57. The van der Waals surface area contributed by atoms with Crippen molar-refractivity contribution in [2.45, 2.75) is 49.4 Å². The van der Waals surface area contributed by atoms with Crippen LogP contribution in [0.3, 0.4) is 0 Å². The van der Waals surface area contributed by atoms with Crippen LogP contribution in [-0.4, -0.2) is 29.8 Å². The van der Waals surface area contributed by atoms with Crippen LogP contribution in [0, 0.1) is 0 Å². The predicted molar refractivity (Wildman–Crippen MR) is 63.9 cm³/mol. The van der Waals surface area contributed by atoms with Crippen molar-refractivity contribution >= 4 is 19.7 Å². The molecule has 3 rings (SSSR count). The molecule has 0 amide bonds. The Morgan fingerprint density at radius 3 is 2.56 bits per heavy atom. The molecule has 0 bridgehead atoms. The van der Waals surface area contributed by atoms with E-state index in [0.29, 0.717) is 12.4 Å². The summed E-state index contributed by atoms with van der Waals surface area (Å²) >= 11 is 0. The Morgan fingerprint density at radius 2 is 2.00 bits per heavy atom. The molecule has 0 aromatic carbocycles. The average molecular weight is 292 g/mol. The molecule has 2 fully saturated rings. The Balaban J connectivity index is 2.01. The van der Waals surface area contributed by atoms with Crippen molar-refractivity contribution < 1.29 is 13.2 Å². The third-order valence-electron chi connectivity index (χ3n) is 3.29. The van der Waals surface area contributed by atoms with E-state index in [1.54, 1.807) is 4.57 Å². The molecule has 1 aliphatic carbocycles. The normalized spacial score (nSPS) is 25.3. The van der Waals surface area contributed by atoms with E-state index in [1.807, 2.05) is 0 Å². The van der Waals surface area contributed by atoms with Crippen molar-refractivity contribution in [2.75, 3.05) is 6.61 Å². The van der Waals surface area contributed by atoms with Crippen LogP contribution in [0.1, 0.15) is 50.1 Å². The third-order valence-corrected chi connectivity index (χ3v) is 4.42.